The second kappa shape index (κ2) is 5.91. The summed E-state index contributed by atoms with van der Waals surface area (Å²) in [6.45, 7) is 0. The van der Waals surface area contributed by atoms with Gasteiger partial charge < -0.3 is 11.1 Å². The van der Waals surface area contributed by atoms with Crippen LogP contribution in [0.5, 0.6) is 0 Å². The Morgan fingerprint density at radius 1 is 1.56 bits per heavy atom. The fourth-order valence-corrected chi connectivity index (χ4v) is 3.26. The zero-order valence-electron chi connectivity index (χ0n) is 9.61. The van der Waals surface area contributed by atoms with Crippen molar-refractivity contribution < 1.29 is 4.79 Å². The van der Waals surface area contributed by atoms with Gasteiger partial charge in [-0.3, -0.25) is 4.79 Å². The molecule has 96 valence electrons. The third-order valence-corrected chi connectivity index (χ3v) is 4.54. The minimum atomic E-state index is 0.0157. The Morgan fingerprint density at radius 2 is 2.33 bits per heavy atom. The molecule has 1 amide bonds. The minimum absolute atomic E-state index is 0.0157. The molecule has 0 spiro atoms. The largest absolute Gasteiger partial charge is 0.389 e. The van der Waals surface area contributed by atoms with E-state index < -0.39 is 0 Å². The minimum Gasteiger partial charge on any atom is -0.389 e. The second-order valence-electron chi connectivity index (χ2n) is 4.11. The van der Waals surface area contributed by atoms with Crippen LogP contribution in [0, 0.1) is 5.92 Å². The highest BCUT2D eigenvalue weighted by Gasteiger charge is 2.23. The van der Waals surface area contributed by atoms with Gasteiger partial charge in [-0.25, -0.2) is 0 Å². The molecule has 1 aromatic rings. The van der Waals surface area contributed by atoms with E-state index in [1.165, 1.54) is 0 Å². The summed E-state index contributed by atoms with van der Waals surface area (Å²) in [5.74, 6) is 2.00. The number of carbonyl (C=O) groups excluding carboxylic acids is 1. The molecule has 0 aliphatic carbocycles. The van der Waals surface area contributed by atoms with E-state index in [0.717, 1.165) is 17.9 Å². The van der Waals surface area contributed by atoms with Gasteiger partial charge in [0.25, 0.3) is 0 Å². The van der Waals surface area contributed by atoms with E-state index in [1.807, 2.05) is 0 Å². The van der Waals surface area contributed by atoms with Crippen molar-refractivity contribution in [3.63, 3.8) is 0 Å². The predicted octanol–water partition coefficient (Wildman–Crippen LogP) is 2.67. The van der Waals surface area contributed by atoms with Crippen LogP contribution in [-0.2, 0) is 4.79 Å². The van der Waals surface area contributed by atoms with Crippen LogP contribution in [0.4, 0.5) is 5.69 Å². The van der Waals surface area contributed by atoms with E-state index in [1.54, 1.807) is 30.0 Å². The molecular formula is C12H13ClN2OS2. The first kappa shape index (κ1) is 13.6. The Balaban J connectivity index is 2.14. The highest BCUT2D eigenvalue weighted by molar-refractivity contribution is 7.99. The number of hydrogen-bond donors (Lipinski definition) is 2. The number of halogens is 1. The number of benzene rings is 1. The van der Waals surface area contributed by atoms with Gasteiger partial charge in [-0.05, 0) is 24.3 Å². The topological polar surface area (TPSA) is 55.1 Å². The van der Waals surface area contributed by atoms with Crippen molar-refractivity contribution in [2.24, 2.45) is 11.7 Å². The number of rotatable bonds is 3. The highest BCUT2D eigenvalue weighted by atomic mass is 35.5. The first-order chi connectivity index (χ1) is 8.58. The van der Waals surface area contributed by atoms with Gasteiger partial charge in [0.15, 0.2) is 0 Å². The number of thiocarbonyl (C=S) groups is 1. The molecule has 0 bridgehead atoms. The standard InChI is InChI=1S/C12H13ClN2OS2/c13-9-2-1-7(11(14)17)5-10(9)15-12(16)8-3-4-18-6-8/h1-2,5,8H,3-4,6H2,(H2,14,17)(H,15,16). The summed E-state index contributed by atoms with van der Waals surface area (Å²) in [6.07, 6.45) is 0.920. The maximum Gasteiger partial charge on any atom is 0.228 e. The van der Waals surface area contributed by atoms with Crippen molar-refractivity contribution in [3.8, 4) is 0 Å². The number of amides is 1. The third-order valence-electron chi connectivity index (χ3n) is 2.81. The molecule has 1 saturated heterocycles. The smallest absolute Gasteiger partial charge is 0.228 e. The fourth-order valence-electron chi connectivity index (χ4n) is 1.75. The molecule has 3 nitrogen and oxygen atoms in total. The van der Waals surface area contributed by atoms with E-state index in [4.69, 9.17) is 29.6 Å². The molecule has 1 fully saturated rings. The maximum absolute atomic E-state index is 12.0. The van der Waals surface area contributed by atoms with E-state index in [-0.39, 0.29) is 11.8 Å². The summed E-state index contributed by atoms with van der Waals surface area (Å²) < 4.78 is 0. The van der Waals surface area contributed by atoms with Crippen LogP contribution < -0.4 is 11.1 Å². The molecule has 1 aliphatic rings. The molecule has 1 heterocycles. The molecule has 3 N–H and O–H groups in total. The Morgan fingerprint density at radius 3 is 2.94 bits per heavy atom. The molecule has 1 atom stereocenters. The van der Waals surface area contributed by atoms with E-state index in [9.17, 15) is 4.79 Å². The van der Waals surface area contributed by atoms with Crippen molar-refractivity contribution in [2.75, 3.05) is 16.8 Å². The van der Waals surface area contributed by atoms with Gasteiger partial charge >= 0.3 is 0 Å². The third kappa shape index (κ3) is 3.16. The van der Waals surface area contributed by atoms with Crippen molar-refractivity contribution in [3.05, 3.63) is 28.8 Å². The SMILES string of the molecule is NC(=S)c1ccc(Cl)c(NC(=O)C2CCSC2)c1. The summed E-state index contributed by atoms with van der Waals surface area (Å²) in [7, 11) is 0. The van der Waals surface area contributed by atoms with E-state index >= 15 is 0 Å². The van der Waals surface area contributed by atoms with E-state index in [2.05, 4.69) is 5.32 Å². The summed E-state index contributed by atoms with van der Waals surface area (Å²) in [6, 6.07) is 5.14. The fraction of sp³-hybridized carbons (Fsp3) is 0.333. The van der Waals surface area contributed by atoms with Crippen LogP contribution in [0.3, 0.4) is 0 Å². The van der Waals surface area contributed by atoms with Crippen LogP contribution in [0.25, 0.3) is 0 Å². The number of anilines is 1. The Labute approximate surface area is 120 Å². The molecule has 2 rings (SSSR count). The molecular weight excluding hydrogens is 288 g/mol. The summed E-state index contributed by atoms with van der Waals surface area (Å²) in [5, 5.41) is 3.34. The number of nitrogens with two attached hydrogens (primary N) is 1. The zero-order chi connectivity index (χ0) is 13.1. The monoisotopic (exact) mass is 300 g/mol. The average Bonchev–Trinajstić information content (AvgIpc) is 2.85. The van der Waals surface area contributed by atoms with Crippen LogP contribution in [0.15, 0.2) is 18.2 Å². The average molecular weight is 301 g/mol. The van der Waals surface area contributed by atoms with Gasteiger partial charge in [0.2, 0.25) is 5.91 Å². The molecule has 18 heavy (non-hydrogen) atoms. The molecule has 6 heteroatoms. The normalized spacial score (nSPS) is 18.6. The first-order valence-electron chi connectivity index (χ1n) is 5.56. The Kier molecular flexibility index (Phi) is 4.48. The van der Waals surface area contributed by atoms with Crippen molar-refractivity contribution in [1.82, 2.24) is 0 Å². The lowest BCUT2D eigenvalue weighted by molar-refractivity contribution is -0.119. The second-order valence-corrected chi connectivity index (χ2v) is 6.11. The van der Waals surface area contributed by atoms with E-state index in [0.29, 0.717) is 21.3 Å². The number of thioether (sulfide) groups is 1. The Hall–Kier alpha value is -0.780. The lowest BCUT2D eigenvalue weighted by Crippen LogP contribution is -2.22. The molecule has 1 unspecified atom stereocenters. The van der Waals surface area contributed by atoms with Gasteiger partial charge in [0.05, 0.1) is 10.7 Å². The number of nitrogens with one attached hydrogen (secondary N) is 1. The lowest BCUT2D eigenvalue weighted by Gasteiger charge is -2.12. The lowest BCUT2D eigenvalue weighted by atomic mass is 10.1. The van der Waals surface area contributed by atoms with Crippen LogP contribution >= 0.6 is 35.6 Å². The van der Waals surface area contributed by atoms with Gasteiger partial charge in [-0.2, -0.15) is 11.8 Å². The van der Waals surface area contributed by atoms with Crippen LogP contribution in [-0.4, -0.2) is 22.4 Å². The molecule has 1 aliphatic heterocycles. The van der Waals surface area contributed by atoms with Crippen molar-refractivity contribution >= 4 is 52.2 Å². The van der Waals surface area contributed by atoms with Gasteiger partial charge in [-0.1, -0.05) is 29.9 Å². The molecule has 0 saturated carbocycles. The number of carbonyl (C=O) groups is 1. The quantitative estimate of drug-likeness (QED) is 0.843. The predicted molar refractivity (Wildman–Crippen MR) is 81.4 cm³/mol. The zero-order valence-corrected chi connectivity index (χ0v) is 12.0. The number of hydrogen-bond acceptors (Lipinski definition) is 3. The molecule has 0 aromatic heterocycles. The van der Waals surface area contributed by atoms with Crippen LogP contribution in [0.1, 0.15) is 12.0 Å². The Bertz CT molecular complexity index is 487. The summed E-state index contributed by atoms with van der Waals surface area (Å²) >= 11 is 12.8. The highest BCUT2D eigenvalue weighted by Crippen LogP contribution is 2.27. The van der Waals surface area contributed by atoms with Gasteiger partial charge in [-0.15, -0.1) is 0 Å². The molecule has 1 aromatic carbocycles. The summed E-state index contributed by atoms with van der Waals surface area (Å²) in [4.78, 5) is 12.3. The first-order valence-corrected chi connectivity index (χ1v) is 7.50. The van der Waals surface area contributed by atoms with Crippen molar-refractivity contribution in [1.29, 1.82) is 0 Å². The van der Waals surface area contributed by atoms with Crippen LogP contribution in [0.2, 0.25) is 5.02 Å². The van der Waals surface area contributed by atoms with Gasteiger partial charge in [0.1, 0.15) is 4.99 Å². The van der Waals surface area contributed by atoms with Crippen molar-refractivity contribution in [2.45, 2.75) is 6.42 Å². The molecule has 0 radical (unpaired) electrons. The maximum atomic E-state index is 12.0. The summed E-state index contributed by atoms with van der Waals surface area (Å²) in [5.41, 5.74) is 6.83. The van der Waals surface area contributed by atoms with Gasteiger partial charge in [0, 0.05) is 17.2 Å².